The van der Waals surface area contributed by atoms with Gasteiger partial charge in [0.1, 0.15) is 0 Å². The van der Waals surface area contributed by atoms with Crippen LogP contribution in [0.15, 0.2) is 83.8 Å². The first kappa shape index (κ1) is 25.1. The fourth-order valence-electron chi connectivity index (χ4n) is 3.25. The summed E-state index contributed by atoms with van der Waals surface area (Å²) in [5.41, 5.74) is 8.16. The van der Waals surface area contributed by atoms with E-state index < -0.39 is 21.1 Å². The zero-order valence-corrected chi connectivity index (χ0v) is 19.2. The van der Waals surface area contributed by atoms with Gasteiger partial charge in [0.15, 0.2) is 15.1 Å². The van der Waals surface area contributed by atoms with Crippen LogP contribution >= 0.6 is 0 Å². The number of carbonyl (C=O) groups excluding carboxylic acids is 1. The van der Waals surface area contributed by atoms with Crippen LogP contribution in [0.25, 0.3) is 0 Å². The maximum atomic E-state index is 12.9. The predicted octanol–water partition coefficient (Wildman–Crippen LogP) is 3.23. The molecule has 0 spiro atoms. The molecule has 0 aliphatic carbocycles. The van der Waals surface area contributed by atoms with E-state index in [9.17, 15) is 23.1 Å². The van der Waals surface area contributed by atoms with Crippen molar-refractivity contribution in [3.63, 3.8) is 0 Å². The molecule has 0 saturated carbocycles. The average Bonchev–Trinajstić information content (AvgIpc) is 2.84. The van der Waals surface area contributed by atoms with Crippen LogP contribution in [0.5, 0.6) is 0 Å². The Hall–Kier alpha value is -3.53. The highest BCUT2D eigenvalue weighted by Gasteiger charge is 2.33. The summed E-state index contributed by atoms with van der Waals surface area (Å²) in [6.45, 7) is 0.604. The maximum Gasteiger partial charge on any atom is 0.322 e. The van der Waals surface area contributed by atoms with E-state index in [4.69, 9.17) is 10.5 Å². The van der Waals surface area contributed by atoms with Gasteiger partial charge in [0.25, 0.3) is 5.91 Å². The smallest absolute Gasteiger partial charge is 0.322 e. The average molecular weight is 483 g/mol. The second-order valence-electron chi connectivity index (χ2n) is 7.58. The van der Waals surface area contributed by atoms with Gasteiger partial charge in [0, 0.05) is 24.4 Å². The number of carboxylic acid groups (broad SMARTS) is 1. The predicted molar refractivity (Wildman–Crippen MR) is 128 cm³/mol. The molecule has 9 heteroatoms. The summed E-state index contributed by atoms with van der Waals surface area (Å²) in [6, 6.07) is 21.5. The van der Waals surface area contributed by atoms with Gasteiger partial charge in [-0.2, -0.15) is 0 Å². The van der Waals surface area contributed by atoms with Crippen LogP contribution in [0.1, 0.15) is 27.9 Å². The molecule has 1 amide bonds. The summed E-state index contributed by atoms with van der Waals surface area (Å²) in [7, 11) is -4.15. The molecule has 4 N–H and O–H groups in total. The van der Waals surface area contributed by atoms with Crippen molar-refractivity contribution in [2.75, 3.05) is 11.9 Å². The fourth-order valence-corrected chi connectivity index (χ4v) is 4.77. The van der Waals surface area contributed by atoms with E-state index in [1.54, 1.807) is 24.3 Å². The van der Waals surface area contributed by atoms with Crippen molar-refractivity contribution in [2.24, 2.45) is 5.73 Å². The van der Waals surface area contributed by atoms with Crippen LogP contribution < -0.4 is 11.1 Å². The summed E-state index contributed by atoms with van der Waals surface area (Å²) in [5.74, 6) is -1.81. The number of rotatable bonds is 11. The zero-order chi connectivity index (χ0) is 24.6. The van der Waals surface area contributed by atoms with Crippen LogP contribution in [-0.4, -0.2) is 37.3 Å². The van der Waals surface area contributed by atoms with Crippen molar-refractivity contribution >= 4 is 27.4 Å². The number of nitrogens with two attached hydrogens (primary N) is 1. The number of anilines is 1. The molecular formula is C25H26N2O6S. The second-order valence-corrected chi connectivity index (χ2v) is 9.71. The molecule has 8 nitrogen and oxygen atoms in total. The number of amides is 1. The van der Waals surface area contributed by atoms with Crippen LogP contribution in [0.3, 0.4) is 0 Å². The van der Waals surface area contributed by atoms with E-state index in [-0.39, 0.29) is 30.4 Å². The highest BCUT2D eigenvalue weighted by molar-refractivity contribution is 7.92. The summed E-state index contributed by atoms with van der Waals surface area (Å²) < 4.78 is 31.3. The van der Waals surface area contributed by atoms with E-state index in [0.717, 1.165) is 11.1 Å². The van der Waals surface area contributed by atoms with Gasteiger partial charge in [0.2, 0.25) is 0 Å². The molecule has 3 rings (SSSR count). The van der Waals surface area contributed by atoms with Crippen molar-refractivity contribution in [1.82, 2.24) is 0 Å². The number of hydrogen-bond donors (Lipinski definition) is 3. The lowest BCUT2D eigenvalue weighted by Crippen LogP contribution is -2.31. The van der Waals surface area contributed by atoms with Crippen LogP contribution in [-0.2, 0) is 32.5 Å². The Balaban J connectivity index is 1.62. The molecule has 178 valence electrons. The molecule has 0 aromatic heterocycles. The Kier molecular flexibility index (Phi) is 8.53. The number of aliphatic carboxylic acids is 1. The van der Waals surface area contributed by atoms with E-state index >= 15 is 0 Å². The zero-order valence-electron chi connectivity index (χ0n) is 18.4. The number of carboxylic acids is 1. The molecular weight excluding hydrogens is 456 g/mol. The molecule has 1 atom stereocenters. The van der Waals surface area contributed by atoms with E-state index in [2.05, 4.69) is 5.32 Å². The van der Waals surface area contributed by atoms with Crippen molar-refractivity contribution in [2.45, 2.75) is 29.7 Å². The van der Waals surface area contributed by atoms with Gasteiger partial charge < -0.3 is 20.9 Å². The lowest BCUT2D eigenvalue weighted by atomic mass is 10.1. The number of ether oxygens (including phenoxy) is 1. The van der Waals surface area contributed by atoms with Crippen LogP contribution in [0.2, 0.25) is 0 Å². The number of carbonyl (C=O) groups is 2. The van der Waals surface area contributed by atoms with Gasteiger partial charge in [-0.05, 0) is 53.9 Å². The topological polar surface area (TPSA) is 136 Å². The Morgan fingerprint density at radius 1 is 0.912 bits per heavy atom. The summed E-state index contributed by atoms with van der Waals surface area (Å²) in [4.78, 5) is 23.9. The maximum absolute atomic E-state index is 12.9. The summed E-state index contributed by atoms with van der Waals surface area (Å²) in [6.07, 6.45) is -0.193. The van der Waals surface area contributed by atoms with E-state index in [1.165, 1.54) is 24.3 Å². The third kappa shape index (κ3) is 6.50. The molecule has 34 heavy (non-hydrogen) atoms. The molecule has 0 radical (unpaired) electrons. The minimum atomic E-state index is -4.15. The van der Waals surface area contributed by atoms with Gasteiger partial charge >= 0.3 is 5.97 Å². The fraction of sp³-hybridized carbons (Fsp3) is 0.200. The van der Waals surface area contributed by atoms with E-state index in [0.29, 0.717) is 17.8 Å². The molecule has 0 saturated heterocycles. The standard InChI is InChI=1S/C25H26N2O6S/c26-16-18-6-8-20(9-7-18)24(28)27-21-10-12-22(13-11-21)34(31,32)23(25(29)30)14-15-33-17-19-4-2-1-3-5-19/h1-13,23H,14-17,26H2,(H,27,28)(H,29,30). The second kappa shape index (κ2) is 11.6. The van der Waals surface area contributed by atoms with Gasteiger partial charge in [-0.15, -0.1) is 0 Å². The van der Waals surface area contributed by atoms with Crippen molar-refractivity contribution in [3.05, 3.63) is 95.6 Å². The van der Waals surface area contributed by atoms with Crippen LogP contribution in [0.4, 0.5) is 5.69 Å². The molecule has 0 heterocycles. The van der Waals surface area contributed by atoms with E-state index in [1.807, 2.05) is 30.3 Å². The number of nitrogens with one attached hydrogen (secondary N) is 1. The largest absolute Gasteiger partial charge is 0.480 e. The molecule has 3 aromatic carbocycles. The quantitative estimate of drug-likeness (QED) is 0.357. The summed E-state index contributed by atoms with van der Waals surface area (Å²) >= 11 is 0. The Bertz CT molecular complexity index is 1210. The van der Waals surface area contributed by atoms with Crippen molar-refractivity contribution in [1.29, 1.82) is 0 Å². The lowest BCUT2D eigenvalue weighted by molar-refractivity contribution is -0.136. The van der Waals surface area contributed by atoms with Gasteiger partial charge in [0.05, 0.1) is 11.5 Å². The van der Waals surface area contributed by atoms with Gasteiger partial charge in [-0.25, -0.2) is 8.42 Å². The highest BCUT2D eigenvalue weighted by atomic mass is 32.2. The van der Waals surface area contributed by atoms with Crippen LogP contribution in [0, 0.1) is 0 Å². The van der Waals surface area contributed by atoms with Crippen molar-refractivity contribution in [3.8, 4) is 0 Å². The first-order valence-electron chi connectivity index (χ1n) is 10.6. The molecule has 0 aliphatic heterocycles. The summed E-state index contributed by atoms with van der Waals surface area (Å²) in [5, 5.41) is 10.6. The molecule has 0 bridgehead atoms. The number of benzene rings is 3. The molecule has 1 unspecified atom stereocenters. The van der Waals surface area contributed by atoms with Crippen molar-refractivity contribution < 1.29 is 27.9 Å². The number of hydrogen-bond acceptors (Lipinski definition) is 6. The van der Waals surface area contributed by atoms with Gasteiger partial charge in [-0.3, -0.25) is 9.59 Å². The Labute approximate surface area is 198 Å². The SMILES string of the molecule is NCc1ccc(C(=O)Nc2ccc(S(=O)(=O)C(CCOCc3ccccc3)C(=O)O)cc2)cc1. The normalized spacial score (nSPS) is 12.1. The Morgan fingerprint density at radius 2 is 1.56 bits per heavy atom. The molecule has 3 aromatic rings. The minimum Gasteiger partial charge on any atom is -0.480 e. The molecule has 0 fully saturated rings. The van der Waals surface area contributed by atoms with Gasteiger partial charge in [-0.1, -0.05) is 42.5 Å². The minimum absolute atomic E-state index is 0.0256. The monoisotopic (exact) mass is 482 g/mol. The highest BCUT2D eigenvalue weighted by Crippen LogP contribution is 2.22. The lowest BCUT2D eigenvalue weighted by Gasteiger charge is -2.14. The first-order valence-corrected chi connectivity index (χ1v) is 12.1. The first-order chi connectivity index (χ1) is 16.3. The molecule has 0 aliphatic rings. The Morgan fingerprint density at radius 3 is 2.15 bits per heavy atom. The third-order valence-electron chi connectivity index (χ3n) is 5.18. The number of sulfone groups is 1. The third-order valence-corrected chi connectivity index (χ3v) is 7.29.